The fourth-order valence-electron chi connectivity index (χ4n) is 1.72. The van der Waals surface area contributed by atoms with Crippen LogP contribution in [0.2, 0.25) is 0 Å². The first-order valence-electron chi connectivity index (χ1n) is 4.78. The van der Waals surface area contributed by atoms with Crippen molar-refractivity contribution in [3.63, 3.8) is 0 Å². The highest BCUT2D eigenvalue weighted by atomic mass is 32.2. The van der Waals surface area contributed by atoms with Crippen LogP contribution in [0.5, 0.6) is 0 Å². The molecule has 0 spiro atoms. The van der Waals surface area contributed by atoms with E-state index in [0.29, 0.717) is 0 Å². The number of nitrogens with two attached hydrogens (primary N) is 1. The van der Waals surface area contributed by atoms with E-state index in [9.17, 15) is 4.79 Å². The highest BCUT2D eigenvalue weighted by Gasteiger charge is 2.37. The summed E-state index contributed by atoms with van der Waals surface area (Å²) >= 11 is 1.57. The Balaban J connectivity index is 2.55. The van der Waals surface area contributed by atoms with E-state index in [0.717, 1.165) is 16.3 Å². The summed E-state index contributed by atoms with van der Waals surface area (Å²) in [6.07, 6.45) is 0. The smallest absolute Gasteiger partial charge is 0.242 e. The second kappa shape index (κ2) is 3.17. The molecule has 1 aromatic carbocycles. The van der Waals surface area contributed by atoms with E-state index in [1.165, 1.54) is 0 Å². The van der Waals surface area contributed by atoms with Gasteiger partial charge in [0.2, 0.25) is 5.91 Å². The number of fused-ring (bicyclic) bond motifs is 1. The Hall–Kier alpha value is -1.16. The van der Waals surface area contributed by atoms with Gasteiger partial charge in [0.05, 0.1) is 10.4 Å². The summed E-state index contributed by atoms with van der Waals surface area (Å²) < 4.78 is -0.407. The summed E-state index contributed by atoms with van der Waals surface area (Å²) in [4.78, 5) is 14.7. The summed E-state index contributed by atoms with van der Waals surface area (Å²) in [5.41, 5.74) is 7.41. The number of amides is 1. The highest BCUT2D eigenvalue weighted by molar-refractivity contribution is 8.01. The predicted molar refractivity (Wildman–Crippen MR) is 64.2 cm³/mol. The van der Waals surface area contributed by atoms with Gasteiger partial charge < -0.3 is 10.6 Å². The largest absolute Gasteiger partial charge is 0.399 e. The number of anilines is 2. The minimum Gasteiger partial charge on any atom is -0.399 e. The standard InChI is InChI=1S/C11H14N2OS/c1-11(2)10(14)13(3)8-5-4-7(12)6-9(8)15-11/h4-6H,12H2,1-3H3. The zero-order valence-corrected chi connectivity index (χ0v) is 9.89. The molecule has 1 aliphatic heterocycles. The molecule has 1 aliphatic rings. The van der Waals surface area contributed by atoms with Crippen LogP contribution in [0.15, 0.2) is 23.1 Å². The first-order chi connectivity index (χ1) is 6.92. The van der Waals surface area contributed by atoms with Crippen molar-refractivity contribution in [2.75, 3.05) is 17.7 Å². The molecule has 0 unspecified atom stereocenters. The molecule has 0 bridgehead atoms. The third-order valence-electron chi connectivity index (χ3n) is 2.53. The maximum Gasteiger partial charge on any atom is 0.242 e. The van der Waals surface area contributed by atoms with Crippen LogP contribution < -0.4 is 10.6 Å². The zero-order chi connectivity index (χ0) is 11.2. The molecule has 3 nitrogen and oxygen atoms in total. The lowest BCUT2D eigenvalue weighted by Gasteiger charge is -2.35. The van der Waals surface area contributed by atoms with Gasteiger partial charge in [-0.3, -0.25) is 4.79 Å². The third-order valence-corrected chi connectivity index (χ3v) is 3.76. The van der Waals surface area contributed by atoms with E-state index < -0.39 is 4.75 Å². The number of rotatable bonds is 0. The van der Waals surface area contributed by atoms with Gasteiger partial charge in [0, 0.05) is 17.6 Å². The Morgan fingerprint density at radius 3 is 2.73 bits per heavy atom. The van der Waals surface area contributed by atoms with Crippen molar-refractivity contribution in [2.45, 2.75) is 23.5 Å². The van der Waals surface area contributed by atoms with Gasteiger partial charge >= 0.3 is 0 Å². The maximum atomic E-state index is 12.0. The van der Waals surface area contributed by atoms with Gasteiger partial charge in [0.15, 0.2) is 0 Å². The van der Waals surface area contributed by atoms with Gasteiger partial charge in [0.1, 0.15) is 0 Å². The molecule has 0 aliphatic carbocycles. The van der Waals surface area contributed by atoms with Crippen molar-refractivity contribution in [1.29, 1.82) is 0 Å². The first kappa shape index (κ1) is 10.4. The number of carbonyl (C=O) groups is 1. The van der Waals surface area contributed by atoms with Crippen LogP contribution in [0, 0.1) is 0 Å². The molecule has 80 valence electrons. The van der Waals surface area contributed by atoms with Crippen molar-refractivity contribution in [3.8, 4) is 0 Å². The second-order valence-corrected chi connectivity index (χ2v) is 5.87. The molecule has 0 aromatic heterocycles. The van der Waals surface area contributed by atoms with Crippen LogP contribution in [-0.2, 0) is 4.79 Å². The monoisotopic (exact) mass is 222 g/mol. The van der Waals surface area contributed by atoms with Crippen LogP contribution in [0.4, 0.5) is 11.4 Å². The number of nitrogens with zero attached hydrogens (tertiary/aromatic N) is 1. The van der Waals surface area contributed by atoms with Crippen LogP contribution in [0.3, 0.4) is 0 Å². The molecule has 0 radical (unpaired) electrons. The van der Waals surface area contributed by atoms with Gasteiger partial charge in [-0.2, -0.15) is 0 Å². The molecule has 15 heavy (non-hydrogen) atoms. The maximum absolute atomic E-state index is 12.0. The Bertz CT molecular complexity index is 429. The minimum absolute atomic E-state index is 0.129. The fourth-order valence-corrected chi connectivity index (χ4v) is 3.00. The summed E-state index contributed by atoms with van der Waals surface area (Å²) in [6.45, 7) is 3.87. The minimum atomic E-state index is -0.407. The number of hydrogen-bond donors (Lipinski definition) is 1. The highest BCUT2D eigenvalue weighted by Crippen LogP contribution is 2.44. The Labute approximate surface area is 93.6 Å². The normalized spacial score (nSPS) is 18.9. The molecule has 1 heterocycles. The van der Waals surface area contributed by atoms with E-state index >= 15 is 0 Å². The first-order valence-corrected chi connectivity index (χ1v) is 5.60. The summed E-state index contributed by atoms with van der Waals surface area (Å²) in [7, 11) is 1.80. The zero-order valence-electron chi connectivity index (χ0n) is 9.07. The van der Waals surface area contributed by atoms with E-state index in [1.807, 2.05) is 32.0 Å². The van der Waals surface area contributed by atoms with Crippen LogP contribution in [0.1, 0.15) is 13.8 Å². The number of hydrogen-bond acceptors (Lipinski definition) is 3. The molecule has 2 N–H and O–H groups in total. The predicted octanol–water partition coefficient (Wildman–Crippen LogP) is 2.12. The van der Waals surface area contributed by atoms with E-state index in [1.54, 1.807) is 23.7 Å². The van der Waals surface area contributed by atoms with Crippen molar-refractivity contribution in [2.24, 2.45) is 0 Å². The van der Waals surface area contributed by atoms with E-state index in [4.69, 9.17) is 5.73 Å². The average Bonchev–Trinajstić information content (AvgIpc) is 2.13. The van der Waals surface area contributed by atoms with Crippen LogP contribution in [-0.4, -0.2) is 17.7 Å². The molecule has 4 heteroatoms. The van der Waals surface area contributed by atoms with Crippen molar-refractivity contribution >= 4 is 29.0 Å². The van der Waals surface area contributed by atoms with Crippen LogP contribution >= 0.6 is 11.8 Å². The van der Waals surface area contributed by atoms with Gasteiger partial charge in [-0.25, -0.2) is 0 Å². The quantitative estimate of drug-likeness (QED) is 0.684. The lowest BCUT2D eigenvalue weighted by Crippen LogP contribution is -2.44. The van der Waals surface area contributed by atoms with E-state index in [2.05, 4.69) is 0 Å². The lowest BCUT2D eigenvalue weighted by molar-refractivity contribution is -0.120. The topological polar surface area (TPSA) is 46.3 Å². The molecule has 1 amide bonds. The molecule has 0 atom stereocenters. The van der Waals surface area contributed by atoms with Gasteiger partial charge in [0.25, 0.3) is 0 Å². The summed E-state index contributed by atoms with van der Waals surface area (Å²) in [5, 5.41) is 0. The number of nitrogen functional groups attached to an aromatic ring is 1. The second-order valence-electron chi connectivity index (χ2n) is 4.20. The SMILES string of the molecule is CN1C(=O)C(C)(C)Sc2cc(N)ccc21. The Morgan fingerprint density at radius 1 is 1.40 bits per heavy atom. The average molecular weight is 222 g/mol. The lowest BCUT2D eigenvalue weighted by atomic mass is 10.1. The summed E-state index contributed by atoms with van der Waals surface area (Å²) in [6, 6.07) is 5.64. The number of carbonyl (C=O) groups excluding carboxylic acids is 1. The van der Waals surface area contributed by atoms with Crippen molar-refractivity contribution in [3.05, 3.63) is 18.2 Å². The van der Waals surface area contributed by atoms with Gasteiger partial charge in [-0.05, 0) is 32.0 Å². The molecule has 1 aromatic rings. The van der Waals surface area contributed by atoms with E-state index in [-0.39, 0.29) is 5.91 Å². The Kier molecular flexibility index (Phi) is 2.19. The number of benzene rings is 1. The number of thioether (sulfide) groups is 1. The molecule has 0 saturated heterocycles. The van der Waals surface area contributed by atoms with Gasteiger partial charge in [-0.15, -0.1) is 11.8 Å². The molecule has 0 saturated carbocycles. The molecule has 2 rings (SSSR count). The molecule has 0 fully saturated rings. The third kappa shape index (κ3) is 1.59. The fraction of sp³-hybridized carbons (Fsp3) is 0.364. The van der Waals surface area contributed by atoms with Crippen molar-refractivity contribution in [1.82, 2.24) is 0 Å². The molecular formula is C11H14N2OS. The van der Waals surface area contributed by atoms with Crippen molar-refractivity contribution < 1.29 is 4.79 Å². The van der Waals surface area contributed by atoms with Gasteiger partial charge in [-0.1, -0.05) is 0 Å². The molecular weight excluding hydrogens is 208 g/mol. The van der Waals surface area contributed by atoms with Crippen LogP contribution in [0.25, 0.3) is 0 Å². The Morgan fingerprint density at radius 2 is 2.07 bits per heavy atom. The summed E-state index contributed by atoms with van der Waals surface area (Å²) in [5.74, 6) is 0.129.